The summed E-state index contributed by atoms with van der Waals surface area (Å²) in [6.45, 7) is 2.72. The fraction of sp³-hybridized carbons (Fsp3) is 0.375. The van der Waals surface area contributed by atoms with Crippen LogP contribution in [-0.4, -0.2) is 16.6 Å². The van der Waals surface area contributed by atoms with Crippen LogP contribution in [-0.2, 0) is 0 Å². The lowest BCUT2D eigenvalue weighted by Crippen LogP contribution is -2.01. The first-order valence-corrected chi connectivity index (χ1v) is 7.12. The quantitative estimate of drug-likeness (QED) is 0.710. The Balaban J connectivity index is 2.03. The van der Waals surface area contributed by atoms with Crippen LogP contribution in [0.2, 0.25) is 0 Å². The smallest absolute Gasteiger partial charge is 0.216 e. The Hall–Kier alpha value is -2.04. The highest BCUT2D eigenvalue weighted by Gasteiger charge is 2.10. The SMILES string of the molecule is CCCCCCOc1ccnc(-c2ccc(F)cc2F)n1. The van der Waals surface area contributed by atoms with Gasteiger partial charge in [0, 0.05) is 18.3 Å². The minimum atomic E-state index is -0.685. The summed E-state index contributed by atoms with van der Waals surface area (Å²) in [5, 5.41) is 0. The molecule has 2 rings (SSSR count). The Morgan fingerprint density at radius 2 is 1.95 bits per heavy atom. The predicted molar refractivity (Wildman–Crippen MR) is 77.0 cm³/mol. The highest BCUT2D eigenvalue weighted by Crippen LogP contribution is 2.21. The molecular formula is C16H18F2N2O. The van der Waals surface area contributed by atoms with Crippen molar-refractivity contribution in [2.45, 2.75) is 32.6 Å². The van der Waals surface area contributed by atoms with Crippen molar-refractivity contribution in [3.05, 3.63) is 42.1 Å². The second-order valence-electron chi connectivity index (χ2n) is 4.75. The van der Waals surface area contributed by atoms with Gasteiger partial charge in [-0.3, -0.25) is 0 Å². The Bertz CT molecular complexity index is 590. The van der Waals surface area contributed by atoms with Crippen molar-refractivity contribution in [3.8, 4) is 17.3 Å². The van der Waals surface area contributed by atoms with Crippen molar-refractivity contribution >= 4 is 0 Å². The van der Waals surface area contributed by atoms with Gasteiger partial charge < -0.3 is 4.74 Å². The van der Waals surface area contributed by atoms with Gasteiger partial charge >= 0.3 is 0 Å². The van der Waals surface area contributed by atoms with Crippen LogP contribution in [0.4, 0.5) is 8.78 Å². The maximum absolute atomic E-state index is 13.7. The standard InChI is InChI=1S/C16H18F2N2O/c1-2-3-4-5-10-21-15-8-9-19-16(20-15)13-7-6-12(17)11-14(13)18/h6-9,11H,2-5,10H2,1H3. The second-order valence-corrected chi connectivity index (χ2v) is 4.75. The van der Waals surface area contributed by atoms with Gasteiger partial charge in [0.1, 0.15) is 11.6 Å². The molecular weight excluding hydrogens is 274 g/mol. The molecule has 0 atom stereocenters. The molecule has 0 saturated carbocycles. The van der Waals surface area contributed by atoms with Gasteiger partial charge in [-0.25, -0.2) is 13.8 Å². The van der Waals surface area contributed by atoms with Crippen molar-refractivity contribution in [1.29, 1.82) is 0 Å². The van der Waals surface area contributed by atoms with Crippen LogP contribution in [0.3, 0.4) is 0 Å². The van der Waals surface area contributed by atoms with Crippen molar-refractivity contribution < 1.29 is 13.5 Å². The summed E-state index contributed by atoms with van der Waals surface area (Å²) in [6.07, 6.45) is 5.92. The Kier molecular flexibility index (Phi) is 5.60. The zero-order valence-electron chi connectivity index (χ0n) is 12.0. The van der Waals surface area contributed by atoms with E-state index in [0.717, 1.165) is 18.9 Å². The maximum atomic E-state index is 13.7. The Morgan fingerprint density at radius 1 is 1.10 bits per heavy atom. The molecule has 3 nitrogen and oxygen atoms in total. The Labute approximate surface area is 123 Å². The van der Waals surface area contributed by atoms with Gasteiger partial charge in [-0.1, -0.05) is 26.2 Å². The summed E-state index contributed by atoms with van der Waals surface area (Å²) in [4.78, 5) is 8.16. The van der Waals surface area contributed by atoms with Crippen molar-refractivity contribution in [1.82, 2.24) is 9.97 Å². The molecule has 0 spiro atoms. The molecule has 21 heavy (non-hydrogen) atoms. The van der Waals surface area contributed by atoms with E-state index in [9.17, 15) is 8.78 Å². The van der Waals surface area contributed by atoms with Gasteiger partial charge in [0.15, 0.2) is 5.82 Å². The van der Waals surface area contributed by atoms with Crippen LogP contribution in [0.5, 0.6) is 5.88 Å². The van der Waals surface area contributed by atoms with E-state index in [0.29, 0.717) is 12.5 Å². The molecule has 0 bridgehead atoms. The van der Waals surface area contributed by atoms with E-state index >= 15 is 0 Å². The first-order valence-electron chi connectivity index (χ1n) is 7.12. The minimum Gasteiger partial charge on any atom is -0.478 e. The molecule has 1 aromatic carbocycles. The maximum Gasteiger partial charge on any atom is 0.216 e. The summed E-state index contributed by atoms with van der Waals surface area (Å²) >= 11 is 0. The molecule has 0 aliphatic rings. The van der Waals surface area contributed by atoms with Crippen LogP contribution in [0.25, 0.3) is 11.4 Å². The molecule has 1 aromatic heterocycles. The first-order chi connectivity index (χ1) is 10.2. The molecule has 112 valence electrons. The van der Waals surface area contributed by atoms with Crippen molar-refractivity contribution in [3.63, 3.8) is 0 Å². The molecule has 0 aliphatic heterocycles. The molecule has 0 aliphatic carbocycles. The van der Waals surface area contributed by atoms with Crippen molar-refractivity contribution in [2.24, 2.45) is 0 Å². The van der Waals surface area contributed by atoms with Crippen LogP contribution in [0, 0.1) is 11.6 Å². The van der Waals surface area contributed by atoms with E-state index in [-0.39, 0.29) is 11.4 Å². The van der Waals surface area contributed by atoms with E-state index in [1.54, 1.807) is 6.07 Å². The minimum absolute atomic E-state index is 0.160. The van der Waals surface area contributed by atoms with Gasteiger partial charge in [-0.2, -0.15) is 4.98 Å². The monoisotopic (exact) mass is 292 g/mol. The lowest BCUT2D eigenvalue weighted by Gasteiger charge is -2.07. The van der Waals surface area contributed by atoms with Crippen LogP contribution >= 0.6 is 0 Å². The molecule has 0 saturated heterocycles. The second kappa shape index (κ2) is 7.67. The number of halogens is 2. The van der Waals surface area contributed by atoms with E-state index < -0.39 is 11.6 Å². The first kappa shape index (κ1) is 15.4. The zero-order chi connectivity index (χ0) is 15.1. The number of hydrogen-bond donors (Lipinski definition) is 0. The predicted octanol–water partition coefficient (Wildman–Crippen LogP) is 4.38. The highest BCUT2D eigenvalue weighted by molar-refractivity contribution is 5.55. The summed E-state index contributed by atoms with van der Waals surface area (Å²) in [7, 11) is 0. The van der Waals surface area contributed by atoms with Gasteiger partial charge in [-0.15, -0.1) is 0 Å². The summed E-state index contributed by atoms with van der Waals surface area (Å²) in [5.74, 6) is -0.714. The van der Waals surface area contributed by atoms with Gasteiger partial charge in [-0.05, 0) is 18.6 Å². The van der Waals surface area contributed by atoms with Crippen LogP contribution in [0.15, 0.2) is 30.5 Å². The molecule has 0 unspecified atom stereocenters. The van der Waals surface area contributed by atoms with Gasteiger partial charge in [0.05, 0.1) is 12.2 Å². The zero-order valence-corrected chi connectivity index (χ0v) is 12.0. The average Bonchev–Trinajstić information content (AvgIpc) is 2.47. The normalized spacial score (nSPS) is 10.6. The molecule has 0 fully saturated rings. The lowest BCUT2D eigenvalue weighted by molar-refractivity contribution is 0.293. The summed E-state index contributed by atoms with van der Waals surface area (Å²) < 4.78 is 32.1. The summed E-state index contributed by atoms with van der Waals surface area (Å²) in [6, 6.07) is 4.95. The number of benzene rings is 1. The number of ether oxygens (including phenoxy) is 1. The Morgan fingerprint density at radius 3 is 2.71 bits per heavy atom. The third-order valence-corrected chi connectivity index (χ3v) is 3.05. The van der Waals surface area contributed by atoms with E-state index in [4.69, 9.17) is 4.74 Å². The van der Waals surface area contributed by atoms with E-state index in [2.05, 4.69) is 16.9 Å². The number of rotatable bonds is 7. The number of unbranched alkanes of at least 4 members (excludes halogenated alkanes) is 3. The number of aromatic nitrogens is 2. The topological polar surface area (TPSA) is 35.0 Å². The fourth-order valence-corrected chi connectivity index (χ4v) is 1.93. The molecule has 1 heterocycles. The van der Waals surface area contributed by atoms with Crippen LogP contribution in [0.1, 0.15) is 32.6 Å². The number of nitrogens with zero attached hydrogens (tertiary/aromatic N) is 2. The largest absolute Gasteiger partial charge is 0.478 e. The van der Waals surface area contributed by atoms with E-state index in [1.807, 2.05) is 0 Å². The molecule has 0 radical (unpaired) electrons. The molecule has 2 aromatic rings. The average molecular weight is 292 g/mol. The van der Waals surface area contributed by atoms with E-state index in [1.165, 1.54) is 31.2 Å². The van der Waals surface area contributed by atoms with Crippen LogP contribution < -0.4 is 4.74 Å². The van der Waals surface area contributed by atoms with Gasteiger partial charge in [0.2, 0.25) is 5.88 Å². The summed E-state index contributed by atoms with van der Waals surface area (Å²) in [5.41, 5.74) is 0.160. The third-order valence-electron chi connectivity index (χ3n) is 3.05. The highest BCUT2D eigenvalue weighted by atomic mass is 19.1. The van der Waals surface area contributed by atoms with Gasteiger partial charge in [0.25, 0.3) is 0 Å². The lowest BCUT2D eigenvalue weighted by atomic mass is 10.2. The van der Waals surface area contributed by atoms with Crippen molar-refractivity contribution in [2.75, 3.05) is 6.61 Å². The molecule has 0 N–H and O–H groups in total. The molecule has 5 heteroatoms. The molecule has 0 amide bonds. The fourth-order valence-electron chi connectivity index (χ4n) is 1.93. The third kappa shape index (κ3) is 4.48. The number of hydrogen-bond acceptors (Lipinski definition) is 3.